The van der Waals surface area contributed by atoms with E-state index in [-0.39, 0.29) is 5.56 Å². The van der Waals surface area contributed by atoms with Crippen LogP contribution in [0.5, 0.6) is 0 Å². The topological polar surface area (TPSA) is 47.2 Å². The van der Waals surface area contributed by atoms with Gasteiger partial charge < -0.3 is 14.3 Å². The van der Waals surface area contributed by atoms with Crippen LogP contribution in [0, 0.1) is 0 Å². The Hall–Kier alpha value is -2.33. The largest absolute Gasteiger partial charge is 0.468 e. The Morgan fingerprint density at radius 3 is 2.80 bits per heavy atom. The normalized spacial score (nSPS) is 11.0. The molecule has 4 heteroatoms. The van der Waals surface area contributed by atoms with E-state index in [1.54, 1.807) is 16.9 Å². The van der Waals surface area contributed by atoms with Gasteiger partial charge in [0, 0.05) is 19.2 Å². The lowest BCUT2D eigenvalue weighted by Gasteiger charge is -2.10. The summed E-state index contributed by atoms with van der Waals surface area (Å²) in [7, 11) is 0. The highest BCUT2D eigenvalue weighted by Gasteiger charge is 2.02. The average Bonchev–Trinajstić information content (AvgIpc) is 2.98. The van der Waals surface area contributed by atoms with Crippen LogP contribution >= 0.6 is 0 Å². The maximum absolute atomic E-state index is 12.0. The van der Waals surface area contributed by atoms with Crippen molar-refractivity contribution in [2.24, 2.45) is 0 Å². The summed E-state index contributed by atoms with van der Waals surface area (Å²) in [6, 6.07) is 15.2. The number of aromatic nitrogens is 1. The summed E-state index contributed by atoms with van der Waals surface area (Å²) in [5.74, 6) is 0.898. The first-order valence-electron chi connectivity index (χ1n) is 6.66. The molecule has 0 unspecified atom stereocenters. The quantitative estimate of drug-likeness (QED) is 0.723. The van der Waals surface area contributed by atoms with Crippen LogP contribution < -0.4 is 10.9 Å². The molecule has 0 atom stereocenters. The van der Waals surface area contributed by atoms with Crippen molar-refractivity contribution < 1.29 is 4.42 Å². The van der Waals surface area contributed by atoms with Gasteiger partial charge in [0.15, 0.2) is 0 Å². The molecule has 0 spiro atoms. The lowest BCUT2D eigenvalue weighted by molar-refractivity contribution is 0.476. The van der Waals surface area contributed by atoms with Crippen LogP contribution in [-0.4, -0.2) is 11.1 Å². The first kappa shape index (κ1) is 12.7. The molecule has 0 radical (unpaired) electrons. The molecule has 1 aromatic carbocycles. The average molecular weight is 268 g/mol. The first-order chi connectivity index (χ1) is 9.84. The van der Waals surface area contributed by atoms with Crippen LogP contribution in [0.25, 0.3) is 10.9 Å². The van der Waals surface area contributed by atoms with Crippen LogP contribution in [0.2, 0.25) is 0 Å². The summed E-state index contributed by atoms with van der Waals surface area (Å²) in [5.41, 5.74) is 1.00. The van der Waals surface area contributed by atoms with Gasteiger partial charge in [0.1, 0.15) is 5.76 Å². The second-order valence-corrected chi connectivity index (χ2v) is 4.64. The number of hydrogen-bond acceptors (Lipinski definition) is 3. The van der Waals surface area contributed by atoms with Gasteiger partial charge in [0.05, 0.1) is 18.3 Å². The summed E-state index contributed by atoms with van der Waals surface area (Å²) < 4.78 is 7.04. The Balaban J connectivity index is 1.71. The summed E-state index contributed by atoms with van der Waals surface area (Å²) in [5, 5.41) is 4.36. The molecule has 3 rings (SSSR count). The Kier molecular flexibility index (Phi) is 3.65. The van der Waals surface area contributed by atoms with Crippen molar-refractivity contribution in [1.82, 2.24) is 9.88 Å². The maximum Gasteiger partial charge on any atom is 0.251 e. The summed E-state index contributed by atoms with van der Waals surface area (Å²) in [6.45, 7) is 2.03. The molecule has 0 bridgehead atoms. The number of fused-ring (bicyclic) bond motifs is 1. The third kappa shape index (κ3) is 2.65. The Morgan fingerprint density at radius 1 is 1.05 bits per heavy atom. The molecular formula is C16H16N2O2. The summed E-state index contributed by atoms with van der Waals surface area (Å²) >= 11 is 0. The van der Waals surface area contributed by atoms with Crippen LogP contribution in [0.1, 0.15) is 5.76 Å². The molecular weight excluding hydrogens is 252 g/mol. The maximum atomic E-state index is 12.0. The number of pyridine rings is 1. The van der Waals surface area contributed by atoms with E-state index in [9.17, 15) is 4.79 Å². The fraction of sp³-hybridized carbons (Fsp3) is 0.188. The van der Waals surface area contributed by atoms with Gasteiger partial charge in [0.25, 0.3) is 5.56 Å². The summed E-state index contributed by atoms with van der Waals surface area (Å²) in [6.07, 6.45) is 1.66. The highest BCUT2D eigenvalue weighted by molar-refractivity contribution is 5.78. The minimum absolute atomic E-state index is 0.0310. The van der Waals surface area contributed by atoms with Crippen molar-refractivity contribution >= 4 is 10.9 Å². The molecule has 0 saturated carbocycles. The van der Waals surface area contributed by atoms with E-state index in [1.165, 1.54) is 0 Å². The molecule has 2 heterocycles. The molecule has 1 N–H and O–H groups in total. The van der Waals surface area contributed by atoms with Crippen molar-refractivity contribution in [3.63, 3.8) is 0 Å². The van der Waals surface area contributed by atoms with Gasteiger partial charge in [-0.3, -0.25) is 4.79 Å². The minimum Gasteiger partial charge on any atom is -0.468 e. The number of nitrogens with zero attached hydrogens (tertiary/aromatic N) is 1. The molecule has 0 fully saturated rings. The van der Waals surface area contributed by atoms with Gasteiger partial charge in [-0.2, -0.15) is 0 Å². The molecule has 4 nitrogen and oxygen atoms in total. The molecule has 0 aliphatic heterocycles. The monoisotopic (exact) mass is 268 g/mol. The molecule has 0 aliphatic rings. The van der Waals surface area contributed by atoms with Crippen molar-refractivity contribution in [1.29, 1.82) is 0 Å². The Morgan fingerprint density at radius 2 is 1.95 bits per heavy atom. The molecule has 0 amide bonds. The number of rotatable bonds is 5. The molecule has 3 aromatic rings. The van der Waals surface area contributed by atoms with Gasteiger partial charge >= 0.3 is 0 Å². The standard InChI is InChI=1S/C16H16N2O2/c19-16-8-7-13-4-1-2-6-15(13)18(16)10-9-17-12-14-5-3-11-20-14/h1-8,11,17H,9-10,12H2. The SMILES string of the molecule is O=c1ccc2ccccc2n1CCNCc1ccco1. The van der Waals surface area contributed by atoms with E-state index in [0.29, 0.717) is 19.6 Å². The second kappa shape index (κ2) is 5.75. The van der Waals surface area contributed by atoms with E-state index in [1.807, 2.05) is 42.5 Å². The molecule has 2 aromatic heterocycles. The highest BCUT2D eigenvalue weighted by atomic mass is 16.3. The number of benzene rings is 1. The number of furan rings is 1. The van der Waals surface area contributed by atoms with E-state index >= 15 is 0 Å². The smallest absolute Gasteiger partial charge is 0.251 e. The lowest BCUT2D eigenvalue weighted by Crippen LogP contribution is -2.26. The Bertz CT molecular complexity index is 745. The zero-order valence-electron chi connectivity index (χ0n) is 11.1. The van der Waals surface area contributed by atoms with Gasteiger partial charge in [-0.25, -0.2) is 0 Å². The zero-order chi connectivity index (χ0) is 13.8. The van der Waals surface area contributed by atoms with Crippen molar-refractivity contribution in [2.75, 3.05) is 6.54 Å². The predicted molar refractivity (Wildman–Crippen MR) is 78.6 cm³/mol. The molecule has 102 valence electrons. The van der Waals surface area contributed by atoms with E-state index in [2.05, 4.69) is 5.32 Å². The Labute approximate surface area is 116 Å². The van der Waals surface area contributed by atoms with E-state index < -0.39 is 0 Å². The van der Waals surface area contributed by atoms with Crippen molar-refractivity contribution in [2.45, 2.75) is 13.1 Å². The predicted octanol–water partition coefficient (Wildman–Crippen LogP) is 2.38. The third-order valence-corrected chi connectivity index (χ3v) is 3.29. The first-order valence-corrected chi connectivity index (χ1v) is 6.66. The number of hydrogen-bond donors (Lipinski definition) is 1. The zero-order valence-corrected chi connectivity index (χ0v) is 11.1. The van der Waals surface area contributed by atoms with Gasteiger partial charge in [-0.05, 0) is 29.7 Å². The van der Waals surface area contributed by atoms with Gasteiger partial charge in [-0.15, -0.1) is 0 Å². The fourth-order valence-corrected chi connectivity index (χ4v) is 2.29. The van der Waals surface area contributed by atoms with Gasteiger partial charge in [-0.1, -0.05) is 18.2 Å². The van der Waals surface area contributed by atoms with E-state index in [0.717, 1.165) is 16.7 Å². The minimum atomic E-state index is 0.0310. The van der Waals surface area contributed by atoms with Gasteiger partial charge in [0.2, 0.25) is 0 Å². The lowest BCUT2D eigenvalue weighted by atomic mass is 10.2. The van der Waals surface area contributed by atoms with Crippen LogP contribution in [0.3, 0.4) is 0 Å². The van der Waals surface area contributed by atoms with Crippen molar-refractivity contribution in [3.05, 3.63) is 70.9 Å². The summed E-state index contributed by atoms with van der Waals surface area (Å²) in [4.78, 5) is 12.0. The third-order valence-electron chi connectivity index (χ3n) is 3.29. The van der Waals surface area contributed by atoms with Crippen molar-refractivity contribution in [3.8, 4) is 0 Å². The number of para-hydroxylation sites is 1. The number of nitrogens with one attached hydrogen (secondary N) is 1. The second-order valence-electron chi connectivity index (χ2n) is 4.64. The van der Waals surface area contributed by atoms with Crippen LogP contribution in [0.4, 0.5) is 0 Å². The molecule has 0 saturated heterocycles. The highest BCUT2D eigenvalue weighted by Crippen LogP contribution is 2.10. The van der Waals surface area contributed by atoms with Crippen LogP contribution in [0.15, 0.2) is 64.0 Å². The van der Waals surface area contributed by atoms with Crippen LogP contribution in [-0.2, 0) is 13.1 Å². The molecule has 20 heavy (non-hydrogen) atoms. The fourth-order valence-electron chi connectivity index (χ4n) is 2.29. The molecule has 0 aliphatic carbocycles. The van der Waals surface area contributed by atoms with E-state index in [4.69, 9.17) is 4.42 Å².